The number of non-ortho nitro benzene ring substituents is 1. The van der Waals surface area contributed by atoms with E-state index >= 15 is 0 Å². The first kappa shape index (κ1) is 27.6. The van der Waals surface area contributed by atoms with Crippen molar-refractivity contribution in [3.8, 4) is 0 Å². The van der Waals surface area contributed by atoms with E-state index in [1.54, 1.807) is 6.92 Å². The Balaban J connectivity index is 1.92. The Labute approximate surface area is 214 Å². The van der Waals surface area contributed by atoms with Crippen molar-refractivity contribution < 1.29 is 31.3 Å². The minimum atomic E-state index is -4.75. The fourth-order valence-corrected chi connectivity index (χ4v) is 4.65. The number of hydrogen-bond donors (Lipinski definition) is 1. The molecular weight excluding hydrogens is 537 g/mol. The summed E-state index contributed by atoms with van der Waals surface area (Å²) in [7, 11) is -4.47. The van der Waals surface area contributed by atoms with Crippen LogP contribution in [0, 0.1) is 17.0 Å². The Bertz CT molecular complexity index is 1460. The van der Waals surface area contributed by atoms with Crippen molar-refractivity contribution in [2.75, 3.05) is 10.8 Å². The van der Waals surface area contributed by atoms with E-state index in [2.05, 4.69) is 10.5 Å². The molecule has 0 radical (unpaired) electrons. The van der Waals surface area contributed by atoms with Crippen molar-refractivity contribution in [3.63, 3.8) is 0 Å². The van der Waals surface area contributed by atoms with Crippen LogP contribution in [-0.2, 0) is 21.0 Å². The number of nitrogens with zero attached hydrogens (tertiary/aromatic N) is 3. The van der Waals surface area contributed by atoms with Gasteiger partial charge in [0.25, 0.3) is 21.6 Å². The summed E-state index contributed by atoms with van der Waals surface area (Å²) in [5.41, 5.74) is 1.12. The zero-order chi connectivity index (χ0) is 27.4. The number of nitro benzene ring substituents is 1. The van der Waals surface area contributed by atoms with Crippen molar-refractivity contribution in [1.29, 1.82) is 0 Å². The van der Waals surface area contributed by atoms with Crippen molar-refractivity contribution >= 4 is 45.1 Å². The summed E-state index contributed by atoms with van der Waals surface area (Å²) < 4.78 is 67.0. The normalized spacial score (nSPS) is 11.9. The number of anilines is 1. The molecule has 0 heterocycles. The largest absolute Gasteiger partial charge is 0.416 e. The first-order valence-electron chi connectivity index (χ1n) is 10.3. The third-order valence-electron chi connectivity index (χ3n) is 4.94. The highest BCUT2D eigenvalue weighted by Crippen LogP contribution is 2.33. The number of halogens is 4. The second-order valence-electron chi connectivity index (χ2n) is 7.63. The van der Waals surface area contributed by atoms with Crippen LogP contribution in [0.25, 0.3) is 0 Å². The summed E-state index contributed by atoms with van der Waals surface area (Å²) in [5.74, 6) is -0.995. The molecule has 1 amide bonds. The van der Waals surface area contributed by atoms with Crippen LogP contribution in [-0.4, -0.2) is 32.0 Å². The maximum absolute atomic E-state index is 13.3. The van der Waals surface area contributed by atoms with Gasteiger partial charge in [-0.05, 0) is 43.3 Å². The molecule has 1 N–H and O–H groups in total. The van der Waals surface area contributed by atoms with Crippen molar-refractivity contribution in [1.82, 2.24) is 5.43 Å². The number of rotatable bonds is 8. The average Bonchev–Trinajstić information content (AvgIpc) is 2.83. The van der Waals surface area contributed by atoms with Gasteiger partial charge < -0.3 is 0 Å². The van der Waals surface area contributed by atoms with E-state index in [0.717, 1.165) is 36.0 Å². The van der Waals surface area contributed by atoms with Crippen LogP contribution in [0.4, 0.5) is 24.5 Å². The molecule has 0 fully saturated rings. The molecule has 9 nitrogen and oxygen atoms in total. The minimum Gasteiger partial charge on any atom is -0.271 e. The van der Waals surface area contributed by atoms with E-state index in [9.17, 15) is 36.5 Å². The number of alkyl halides is 3. The lowest BCUT2D eigenvalue weighted by Gasteiger charge is -2.24. The van der Waals surface area contributed by atoms with Gasteiger partial charge in [-0.2, -0.15) is 18.3 Å². The molecule has 0 saturated heterocycles. The van der Waals surface area contributed by atoms with Crippen LogP contribution in [0.3, 0.4) is 0 Å². The zero-order valence-electron chi connectivity index (χ0n) is 18.9. The highest BCUT2D eigenvalue weighted by atomic mass is 35.5. The molecule has 0 aliphatic rings. The summed E-state index contributed by atoms with van der Waals surface area (Å²) in [6, 6.07) is 12.6. The van der Waals surface area contributed by atoms with E-state index in [1.165, 1.54) is 36.4 Å². The minimum absolute atomic E-state index is 0.0936. The summed E-state index contributed by atoms with van der Waals surface area (Å²) in [4.78, 5) is 22.6. The molecule has 3 aromatic rings. The summed E-state index contributed by atoms with van der Waals surface area (Å²) in [5, 5.41) is 14.7. The first-order chi connectivity index (χ1) is 17.3. The number of aryl methyl sites for hydroxylation is 1. The molecule has 3 aromatic carbocycles. The van der Waals surface area contributed by atoms with Gasteiger partial charge in [-0.3, -0.25) is 19.2 Å². The predicted octanol–water partition coefficient (Wildman–Crippen LogP) is 4.92. The molecule has 194 valence electrons. The topological polar surface area (TPSA) is 122 Å². The zero-order valence-corrected chi connectivity index (χ0v) is 20.5. The van der Waals surface area contributed by atoms with E-state index < -0.39 is 44.8 Å². The smallest absolute Gasteiger partial charge is 0.271 e. The Morgan fingerprint density at radius 1 is 1.14 bits per heavy atom. The summed E-state index contributed by atoms with van der Waals surface area (Å²) >= 11 is 5.96. The van der Waals surface area contributed by atoms with Gasteiger partial charge in [0.1, 0.15) is 6.54 Å². The Kier molecular flexibility index (Phi) is 8.18. The van der Waals surface area contributed by atoms with Gasteiger partial charge >= 0.3 is 6.18 Å². The first-order valence-corrected chi connectivity index (χ1v) is 12.1. The molecule has 3 rings (SSSR count). The Morgan fingerprint density at radius 3 is 2.43 bits per heavy atom. The third-order valence-corrected chi connectivity index (χ3v) is 7.07. The second-order valence-corrected chi connectivity index (χ2v) is 9.90. The van der Waals surface area contributed by atoms with Crippen LogP contribution in [0.1, 0.15) is 16.7 Å². The Morgan fingerprint density at radius 2 is 1.81 bits per heavy atom. The number of carbonyl (C=O) groups is 1. The van der Waals surface area contributed by atoms with Crippen LogP contribution in [0.2, 0.25) is 5.02 Å². The molecule has 0 bridgehead atoms. The van der Waals surface area contributed by atoms with Gasteiger partial charge in [0.2, 0.25) is 0 Å². The summed E-state index contributed by atoms with van der Waals surface area (Å²) in [6.07, 6.45) is -3.74. The maximum atomic E-state index is 13.3. The van der Waals surface area contributed by atoms with Gasteiger partial charge in [-0.1, -0.05) is 35.4 Å². The molecular formula is C23H18ClF3N4O5S. The number of benzene rings is 3. The van der Waals surface area contributed by atoms with Crippen molar-refractivity contribution in [2.24, 2.45) is 5.10 Å². The van der Waals surface area contributed by atoms with E-state index in [0.29, 0.717) is 10.4 Å². The fraction of sp³-hybridized carbons (Fsp3) is 0.130. The second kappa shape index (κ2) is 11.0. The molecule has 0 saturated carbocycles. The summed E-state index contributed by atoms with van der Waals surface area (Å²) in [6.45, 7) is 0.803. The van der Waals surface area contributed by atoms with Crippen molar-refractivity contribution in [3.05, 3.63) is 98.6 Å². The lowest BCUT2D eigenvalue weighted by Crippen LogP contribution is -2.39. The van der Waals surface area contributed by atoms with Gasteiger partial charge in [0, 0.05) is 22.7 Å². The monoisotopic (exact) mass is 554 g/mol. The molecule has 0 unspecified atom stereocenters. The standard InChI is InChI=1S/C23H18ClF3N4O5S/c1-15-5-8-20(9-6-15)37(35,36)30(18-4-2-3-17(12-18)23(25,26)27)14-22(32)29-28-13-16-11-19(31(33)34)7-10-21(16)24/h2-13H,14H2,1H3,(H,29,32)/b28-13-. The molecule has 37 heavy (non-hydrogen) atoms. The van der Waals surface area contributed by atoms with Gasteiger partial charge in [0.15, 0.2) is 0 Å². The number of carbonyl (C=O) groups excluding carboxylic acids is 1. The fourth-order valence-electron chi connectivity index (χ4n) is 3.07. The van der Waals surface area contributed by atoms with Crippen LogP contribution in [0.5, 0.6) is 0 Å². The van der Waals surface area contributed by atoms with Crippen molar-refractivity contribution in [2.45, 2.75) is 18.0 Å². The molecule has 0 spiro atoms. The quantitative estimate of drug-likeness (QED) is 0.240. The number of sulfonamides is 1. The number of hydrogen-bond acceptors (Lipinski definition) is 6. The van der Waals surface area contributed by atoms with Crippen LogP contribution in [0.15, 0.2) is 76.7 Å². The maximum Gasteiger partial charge on any atom is 0.416 e. The molecule has 14 heteroatoms. The van der Waals surface area contributed by atoms with E-state index in [-0.39, 0.29) is 21.2 Å². The number of amides is 1. The average molecular weight is 555 g/mol. The van der Waals surface area contributed by atoms with E-state index in [1.807, 2.05) is 0 Å². The SMILES string of the molecule is Cc1ccc(S(=O)(=O)N(CC(=O)N/N=C\c2cc([N+](=O)[O-])ccc2Cl)c2cccc(C(F)(F)F)c2)cc1. The van der Waals surface area contributed by atoms with Gasteiger partial charge in [-0.25, -0.2) is 13.8 Å². The predicted molar refractivity (Wildman–Crippen MR) is 131 cm³/mol. The Hall–Kier alpha value is -3.97. The molecule has 0 aromatic heterocycles. The number of nitro groups is 1. The van der Waals surface area contributed by atoms with Gasteiger partial charge in [0.05, 0.1) is 27.3 Å². The number of hydrazone groups is 1. The lowest BCUT2D eigenvalue weighted by atomic mass is 10.2. The van der Waals surface area contributed by atoms with E-state index in [4.69, 9.17) is 11.6 Å². The van der Waals surface area contributed by atoms with Gasteiger partial charge in [-0.15, -0.1) is 0 Å². The third kappa shape index (κ3) is 6.83. The highest BCUT2D eigenvalue weighted by molar-refractivity contribution is 7.92. The molecule has 0 atom stereocenters. The molecule has 0 aliphatic heterocycles. The number of nitrogens with one attached hydrogen (secondary N) is 1. The van der Waals surface area contributed by atoms with Crippen LogP contribution < -0.4 is 9.73 Å². The lowest BCUT2D eigenvalue weighted by molar-refractivity contribution is -0.384. The van der Waals surface area contributed by atoms with Crippen LogP contribution >= 0.6 is 11.6 Å². The highest BCUT2D eigenvalue weighted by Gasteiger charge is 2.33. The molecule has 0 aliphatic carbocycles.